The monoisotopic (exact) mass is 379 g/mol. The maximum atomic E-state index is 12.1. The summed E-state index contributed by atoms with van der Waals surface area (Å²) in [5.41, 5.74) is 0.00168. The van der Waals surface area contributed by atoms with Crippen LogP contribution in [0.25, 0.3) is 0 Å². The summed E-state index contributed by atoms with van der Waals surface area (Å²) in [6.07, 6.45) is 0. The van der Waals surface area contributed by atoms with E-state index < -0.39 is 10.8 Å². The van der Waals surface area contributed by atoms with E-state index in [1.54, 1.807) is 0 Å². The molecule has 22 heavy (non-hydrogen) atoms. The van der Waals surface area contributed by atoms with Crippen molar-refractivity contribution in [3.8, 4) is 0 Å². The van der Waals surface area contributed by atoms with Gasteiger partial charge in [-0.15, -0.1) is 0 Å². The molecular formula is C12H5Cl4N3O3. The SMILES string of the molecule is O=C(Nc1ccc([N+](=O)[O-])cc1)c1nc(Cl)c(Cl)c(Cl)c1Cl. The van der Waals surface area contributed by atoms with Gasteiger partial charge in [0.1, 0.15) is 10.8 Å². The fourth-order valence-electron chi connectivity index (χ4n) is 1.49. The van der Waals surface area contributed by atoms with Crippen LogP contribution in [0, 0.1) is 10.1 Å². The molecule has 1 N–H and O–H groups in total. The molecule has 0 aliphatic heterocycles. The number of nitro benzene ring substituents is 1. The minimum absolute atomic E-state index is 0.0554. The van der Waals surface area contributed by atoms with Crippen molar-refractivity contribution in [1.82, 2.24) is 4.98 Å². The second-order valence-corrected chi connectivity index (χ2v) is 5.44. The molecule has 0 unspecified atom stereocenters. The first-order chi connectivity index (χ1) is 10.3. The van der Waals surface area contributed by atoms with Crippen molar-refractivity contribution < 1.29 is 9.72 Å². The molecule has 0 radical (unpaired) electrons. The number of nitrogens with zero attached hydrogens (tertiary/aromatic N) is 2. The number of benzene rings is 1. The lowest BCUT2D eigenvalue weighted by Crippen LogP contribution is -2.14. The van der Waals surface area contributed by atoms with E-state index in [9.17, 15) is 14.9 Å². The molecule has 0 saturated carbocycles. The van der Waals surface area contributed by atoms with Crippen LogP contribution in [0.4, 0.5) is 11.4 Å². The van der Waals surface area contributed by atoms with Crippen LogP contribution in [0.5, 0.6) is 0 Å². The third-order valence-corrected chi connectivity index (χ3v) is 4.21. The number of pyridine rings is 1. The summed E-state index contributed by atoms with van der Waals surface area (Å²) in [6, 6.07) is 5.21. The van der Waals surface area contributed by atoms with Crippen LogP contribution < -0.4 is 5.32 Å². The van der Waals surface area contributed by atoms with Crippen LogP contribution in [-0.4, -0.2) is 15.8 Å². The summed E-state index contributed by atoms with van der Waals surface area (Å²) in [5.74, 6) is -0.681. The van der Waals surface area contributed by atoms with Crippen molar-refractivity contribution >= 4 is 63.7 Å². The molecule has 10 heteroatoms. The molecular weight excluding hydrogens is 376 g/mol. The first-order valence-corrected chi connectivity index (χ1v) is 7.08. The van der Waals surface area contributed by atoms with Crippen molar-refractivity contribution in [1.29, 1.82) is 0 Å². The van der Waals surface area contributed by atoms with E-state index in [4.69, 9.17) is 46.4 Å². The quantitative estimate of drug-likeness (QED) is 0.468. The summed E-state index contributed by atoms with van der Waals surface area (Å²) in [6.45, 7) is 0. The fraction of sp³-hybridized carbons (Fsp3) is 0. The Bertz CT molecular complexity index is 765. The van der Waals surface area contributed by atoms with Gasteiger partial charge in [-0.25, -0.2) is 4.98 Å². The Hall–Kier alpha value is -1.60. The average molecular weight is 381 g/mol. The van der Waals surface area contributed by atoms with E-state index in [1.807, 2.05) is 0 Å². The lowest BCUT2D eigenvalue weighted by molar-refractivity contribution is -0.384. The predicted molar refractivity (Wildman–Crippen MR) is 85.3 cm³/mol. The number of rotatable bonds is 3. The third-order valence-electron chi connectivity index (χ3n) is 2.54. The summed E-state index contributed by atoms with van der Waals surface area (Å²) in [7, 11) is 0. The topological polar surface area (TPSA) is 85.1 Å². The van der Waals surface area contributed by atoms with Gasteiger partial charge in [0.25, 0.3) is 11.6 Å². The number of non-ortho nitro benzene ring substituents is 1. The van der Waals surface area contributed by atoms with Gasteiger partial charge in [0.05, 0.1) is 20.0 Å². The zero-order valence-electron chi connectivity index (χ0n) is 10.4. The largest absolute Gasteiger partial charge is 0.321 e. The highest BCUT2D eigenvalue weighted by molar-refractivity contribution is 6.52. The van der Waals surface area contributed by atoms with E-state index in [2.05, 4.69) is 10.3 Å². The Kier molecular flexibility index (Phi) is 5.08. The van der Waals surface area contributed by atoms with Gasteiger partial charge < -0.3 is 5.32 Å². The molecule has 1 heterocycles. The van der Waals surface area contributed by atoms with Gasteiger partial charge in [0, 0.05) is 17.8 Å². The number of anilines is 1. The molecule has 0 spiro atoms. The molecule has 1 aromatic heterocycles. The van der Waals surface area contributed by atoms with Crippen LogP contribution in [0.3, 0.4) is 0 Å². The van der Waals surface area contributed by atoms with Gasteiger partial charge in [-0.2, -0.15) is 0 Å². The fourth-order valence-corrected chi connectivity index (χ4v) is 2.31. The molecule has 0 fully saturated rings. The maximum Gasteiger partial charge on any atom is 0.275 e. The highest BCUT2D eigenvalue weighted by Gasteiger charge is 2.20. The minimum atomic E-state index is -0.681. The molecule has 2 aromatic rings. The zero-order valence-corrected chi connectivity index (χ0v) is 13.5. The lowest BCUT2D eigenvalue weighted by atomic mass is 10.2. The second-order valence-electron chi connectivity index (χ2n) is 3.95. The number of carbonyl (C=O) groups is 1. The van der Waals surface area contributed by atoms with Crippen molar-refractivity contribution in [2.24, 2.45) is 0 Å². The summed E-state index contributed by atoms with van der Waals surface area (Å²) in [4.78, 5) is 25.9. The van der Waals surface area contributed by atoms with Gasteiger partial charge in [-0.1, -0.05) is 46.4 Å². The second kappa shape index (κ2) is 6.66. The van der Waals surface area contributed by atoms with E-state index in [1.165, 1.54) is 24.3 Å². The molecule has 0 saturated heterocycles. The van der Waals surface area contributed by atoms with Crippen LogP contribution in [0.1, 0.15) is 10.5 Å². The van der Waals surface area contributed by atoms with E-state index >= 15 is 0 Å². The standard InChI is InChI=1S/C12H5Cl4N3O3/c13-7-8(14)10(18-11(16)9(7)15)12(20)17-5-1-3-6(4-2-5)19(21)22/h1-4H,(H,17,20). The molecule has 1 amide bonds. The molecule has 6 nitrogen and oxygen atoms in total. The van der Waals surface area contributed by atoms with Gasteiger partial charge in [0.15, 0.2) is 0 Å². The van der Waals surface area contributed by atoms with E-state index in [-0.39, 0.29) is 31.6 Å². The Morgan fingerprint density at radius 2 is 1.64 bits per heavy atom. The summed E-state index contributed by atoms with van der Waals surface area (Å²) < 4.78 is 0. The Balaban J connectivity index is 2.28. The molecule has 0 aliphatic carbocycles. The van der Waals surface area contributed by atoms with Crippen molar-refractivity contribution in [3.63, 3.8) is 0 Å². The number of halogens is 4. The maximum absolute atomic E-state index is 12.1. The number of hydrogen-bond donors (Lipinski definition) is 1. The number of nitro groups is 1. The number of amides is 1. The number of carbonyl (C=O) groups excluding carboxylic acids is 1. The van der Waals surface area contributed by atoms with Crippen molar-refractivity contribution in [2.75, 3.05) is 5.32 Å². The van der Waals surface area contributed by atoms with Crippen LogP contribution in [-0.2, 0) is 0 Å². The molecule has 0 aliphatic rings. The first kappa shape index (κ1) is 16.8. The number of hydrogen-bond acceptors (Lipinski definition) is 4. The molecule has 0 bridgehead atoms. The number of nitrogens with one attached hydrogen (secondary N) is 1. The smallest absolute Gasteiger partial charge is 0.275 e. The normalized spacial score (nSPS) is 10.4. The van der Waals surface area contributed by atoms with Gasteiger partial charge in [0.2, 0.25) is 0 Å². The van der Waals surface area contributed by atoms with Gasteiger partial charge in [-0.3, -0.25) is 14.9 Å². The lowest BCUT2D eigenvalue weighted by Gasteiger charge is -2.09. The Labute approximate surface area is 144 Å². The highest BCUT2D eigenvalue weighted by atomic mass is 35.5. The first-order valence-electron chi connectivity index (χ1n) is 5.57. The molecule has 0 atom stereocenters. The van der Waals surface area contributed by atoms with Crippen molar-refractivity contribution in [2.45, 2.75) is 0 Å². The average Bonchev–Trinajstić information content (AvgIpc) is 2.49. The van der Waals surface area contributed by atoms with Gasteiger partial charge >= 0.3 is 0 Å². The highest BCUT2D eigenvalue weighted by Crippen LogP contribution is 2.36. The van der Waals surface area contributed by atoms with Crippen molar-refractivity contribution in [3.05, 3.63) is 60.3 Å². The van der Waals surface area contributed by atoms with Crippen LogP contribution in [0.2, 0.25) is 20.2 Å². The Morgan fingerprint density at radius 3 is 2.18 bits per heavy atom. The summed E-state index contributed by atoms with van der Waals surface area (Å²) >= 11 is 23.3. The minimum Gasteiger partial charge on any atom is -0.321 e. The molecule has 1 aromatic carbocycles. The van der Waals surface area contributed by atoms with Crippen LogP contribution in [0.15, 0.2) is 24.3 Å². The van der Waals surface area contributed by atoms with Gasteiger partial charge in [-0.05, 0) is 12.1 Å². The molecule has 2 rings (SSSR count). The third kappa shape index (κ3) is 3.41. The predicted octanol–water partition coefficient (Wildman–Crippen LogP) is 4.86. The Morgan fingerprint density at radius 1 is 1.05 bits per heavy atom. The molecule has 114 valence electrons. The van der Waals surface area contributed by atoms with E-state index in [0.29, 0.717) is 5.69 Å². The van der Waals surface area contributed by atoms with Crippen LogP contribution >= 0.6 is 46.4 Å². The van der Waals surface area contributed by atoms with E-state index in [0.717, 1.165) is 0 Å². The summed E-state index contributed by atoms with van der Waals surface area (Å²) in [5, 5.41) is 12.6. The zero-order chi connectivity index (χ0) is 16.4. The number of aromatic nitrogens is 1.